The highest BCUT2D eigenvalue weighted by Gasteiger charge is 2.42. The molecule has 2 rings (SSSR count). The summed E-state index contributed by atoms with van der Waals surface area (Å²) in [4.78, 5) is 13.3. The van der Waals surface area contributed by atoms with Crippen molar-refractivity contribution in [2.24, 2.45) is 17.8 Å². The van der Waals surface area contributed by atoms with Crippen molar-refractivity contribution < 1.29 is 15.0 Å². The number of rotatable bonds is 11. The number of nitrogens with zero attached hydrogens (tertiary/aromatic N) is 1. The van der Waals surface area contributed by atoms with E-state index in [0.29, 0.717) is 18.3 Å². The van der Waals surface area contributed by atoms with Crippen molar-refractivity contribution in [3.8, 4) is 0 Å². The zero-order valence-electron chi connectivity index (χ0n) is 17.4. The standard InChI is InChI=1S/C23H39NO3/c1-4-5-6-10-19(25)12-13-20-21-15-17(14-18(21)16-22(20)26)9-7-8-11-23(27)24(2)3/h12-13,15,18-22,25-26H,4-11,14,16H2,1-3H3/b13-12+/t18-,19-,20+,21-,22+/m0/s1. The van der Waals surface area contributed by atoms with Gasteiger partial charge < -0.3 is 15.1 Å². The fourth-order valence-corrected chi connectivity index (χ4v) is 4.59. The number of hydrogen-bond acceptors (Lipinski definition) is 3. The minimum absolute atomic E-state index is 0.142. The first-order valence-corrected chi connectivity index (χ1v) is 10.9. The van der Waals surface area contributed by atoms with Crippen molar-refractivity contribution in [2.75, 3.05) is 14.1 Å². The molecule has 0 aromatic carbocycles. The minimum Gasteiger partial charge on any atom is -0.392 e. The van der Waals surface area contributed by atoms with Crippen LogP contribution < -0.4 is 0 Å². The van der Waals surface area contributed by atoms with Gasteiger partial charge in [0.2, 0.25) is 5.91 Å². The van der Waals surface area contributed by atoms with Gasteiger partial charge in [0.25, 0.3) is 0 Å². The molecule has 2 N–H and O–H groups in total. The molecule has 5 atom stereocenters. The maximum absolute atomic E-state index is 11.6. The second-order valence-electron chi connectivity index (χ2n) is 8.69. The van der Waals surface area contributed by atoms with E-state index in [-0.39, 0.29) is 24.0 Å². The van der Waals surface area contributed by atoms with Crippen molar-refractivity contribution in [3.63, 3.8) is 0 Å². The lowest BCUT2D eigenvalue weighted by molar-refractivity contribution is -0.128. The third-order valence-electron chi connectivity index (χ3n) is 6.23. The van der Waals surface area contributed by atoms with Gasteiger partial charge in [-0.25, -0.2) is 0 Å². The van der Waals surface area contributed by atoms with Gasteiger partial charge in [0.1, 0.15) is 0 Å². The van der Waals surface area contributed by atoms with Crippen LogP contribution in [-0.2, 0) is 4.79 Å². The lowest BCUT2D eigenvalue weighted by atomic mass is 9.91. The average molecular weight is 378 g/mol. The number of aliphatic hydroxyl groups excluding tert-OH is 2. The summed E-state index contributed by atoms with van der Waals surface area (Å²) in [7, 11) is 3.62. The molecule has 154 valence electrons. The predicted octanol–water partition coefficient (Wildman–Crippen LogP) is 4.08. The maximum Gasteiger partial charge on any atom is 0.222 e. The van der Waals surface area contributed by atoms with Crippen LogP contribution in [0.2, 0.25) is 0 Å². The van der Waals surface area contributed by atoms with Crippen LogP contribution >= 0.6 is 0 Å². The van der Waals surface area contributed by atoms with Crippen LogP contribution in [0.15, 0.2) is 23.8 Å². The average Bonchev–Trinajstić information content (AvgIpc) is 3.13. The molecule has 1 amide bonds. The van der Waals surface area contributed by atoms with Crippen molar-refractivity contribution in [2.45, 2.75) is 83.3 Å². The van der Waals surface area contributed by atoms with E-state index in [2.05, 4.69) is 19.1 Å². The predicted molar refractivity (Wildman–Crippen MR) is 110 cm³/mol. The zero-order valence-corrected chi connectivity index (χ0v) is 17.4. The molecule has 0 aromatic rings. The number of unbranched alkanes of at least 4 members (excludes halogenated alkanes) is 3. The Hall–Kier alpha value is -1.13. The molecule has 1 fully saturated rings. The highest BCUT2D eigenvalue weighted by atomic mass is 16.3. The Bertz CT molecular complexity index is 526. The molecule has 0 saturated heterocycles. The summed E-state index contributed by atoms with van der Waals surface area (Å²) in [6.07, 6.45) is 15.5. The second kappa shape index (κ2) is 11.0. The molecule has 1 saturated carbocycles. The van der Waals surface area contributed by atoms with Gasteiger partial charge in [-0.05, 0) is 50.4 Å². The summed E-state index contributed by atoms with van der Waals surface area (Å²) < 4.78 is 0. The number of aliphatic hydroxyl groups is 2. The minimum atomic E-state index is -0.387. The van der Waals surface area contributed by atoms with Crippen LogP contribution in [0, 0.1) is 17.8 Å². The monoisotopic (exact) mass is 377 g/mol. The maximum atomic E-state index is 11.6. The van der Waals surface area contributed by atoms with Gasteiger partial charge in [-0.3, -0.25) is 4.79 Å². The molecular formula is C23H39NO3. The molecule has 4 heteroatoms. The third kappa shape index (κ3) is 6.76. The van der Waals surface area contributed by atoms with E-state index in [1.54, 1.807) is 4.90 Å². The van der Waals surface area contributed by atoms with Gasteiger partial charge in [-0.15, -0.1) is 0 Å². The largest absolute Gasteiger partial charge is 0.392 e. The van der Waals surface area contributed by atoms with E-state index < -0.39 is 0 Å². The Morgan fingerprint density at radius 3 is 2.78 bits per heavy atom. The van der Waals surface area contributed by atoms with E-state index in [0.717, 1.165) is 51.4 Å². The van der Waals surface area contributed by atoms with Crippen molar-refractivity contribution in [1.82, 2.24) is 4.90 Å². The smallest absolute Gasteiger partial charge is 0.222 e. The van der Waals surface area contributed by atoms with Gasteiger partial charge in [-0.1, -0.05) is 50.0 Å². The first-order valence-electron chi connectivity index (χ1n) is 10.9. The molecular weight excluding hydrogens is 338 g/mol. The summed E-state index contributed by atoms with van der Waals surface area (Å²) >= 11 is 0. The first-order chi connectivity index (χ1) is 12.9. The fourth-order valence-electron chi connectivity index (χ4n) is 4.59. The highest BCUT2D eigenvalue weighted by Crippen LogP contribution is 2.48. The Morgan fingerprint density at radius 1 is 1.30 bits per heavy atom. The summed E-state index contributed by atoms with van der Waals surface area (Å²) in [6, 6.07) is 0. The number of fused-ring (bicyclic) bond motifs is 1. The zero-order chi connectivity index (χ0) is 19.8. The molecule has 0 bridgehead atoms. The van der Waals surface area contributed by atoms with Gasteiger partial charge in [0.05, 0.1) is 12.2 Å². The topological polar surface area (TPSA) is 60.8 Å². The van der Waals surface area contributed by atoms with Crippen LogP contribution in [0.4, 0.5) is 0 Å². The molecule has 2 aliphatic carbocycles. The summed E-state index contributed by atoms with van der Waals surface area (Å²) in [5, 5.41) is 20.6. The number of carbonyl (C=O) groups is 1. The normalized spacial score (nSPS) is 28.4. The number of allylic oxidation sites excluding steroid dienone is 2. The Balaban J connectivity index is 1.79. The number of hydrogen-bond donors (Lipinski definition) is 2. The van der Waals surface area contributed by atoms with Crippen LogP contribution in [-0.4, -0.2) is 47.3 Å². The van der Waals surface area contributed by atoms with E-state index in [4.69, 9.17) is 0 Å². The Morgan fingerprint density at radius 2 is 2.07 bits per heavy atom. The van der Waals surface area contributed by atoms with Crippen molar-refractivity contribution >= 4 is 5.91 Å². The third-order valence-corrected chi connectivity index (χ3v) is 6.23. The molecule has 0 radical (unpaired) electrons. The van der Waals surface area contributed by atoms with Crippen LogP contribution in [0.25, 0.3) is 0 Å². The fraction of sp³-hybridized carbons (Fsp3) is 0.783. The van der Waals surface area contributed by atoms with E-state index >= 15 is 0 Å². The number of amides is 1. The van der Waals surface area contributed by atoms with E-state index in [9.17, 15) is 15.0 Å². The summed E-state index contributed by atoms with van der Waals surface area (Å²) in [6.45, 7) is 2.17. The molecule has 2 aliphatic rings. The molecule has 0 aliphatic heterocycles. The van der Waals surface area contributed by atoms with Gasteiger partial charge in [0.15, 0.2) is 0 Å². The van der Waals surface area contributed by atoms with Crippen LogP contribution in [0.1, 0.15) is 71.1 Å². The molecule has 27 heavy (non-hydrogen) atoms. The lowest BCUT2D eigenvalue weighted by Crippen LogP contribution is -2.21. The summed E-state index contributed by atoms with van der Waals surface area (Å²) in [5.41, 5.74) is 1.50. The molecule has 0 unspecified atom stereocenters. The van der Waals surface area contributed by atoms with E-state index in [1.165, 1.54) is 12.0 Å². The van der Waals surface area contributed by atoms with Crippen molar-refractivity contribution in [1.29, 1.82) is 0 Å². The van der Waals surface area contributed by atoms with Gasteiger partial charge in [0, 0.05) is 26.4 Å². The Labute approximate surface area is 165 Å². The molecule has 0 spiro atoms. The molecule has 0 aromatic heterocycles. The SMILES string of the molecule is CCCCC[C@H](O)/C=C/[C@@H]1[C@H]2C=C(CCCCC(=O)N(C)C)C[C@H]2C[C@H]1O. The lowest BCUT2D eigenvalue weighted by Gasteiger charge is -2.16. The molecule has 0 heterocycles. The van der Waals surface area contributed by atoms with Gasteiger partial charge >= 0.3 is 0 Å². The van der Waals surface area contributed by atoms with Gasteiger partial charge in [-0.2, -0.15) is 0 Å². The Kier molecular flexibility index (Phi) is 9.04. The molecule has 4 nitrogen and oxygen atoms in total. The second-order valence-corrected chi connectivity index (χ2v) is 8.69. The van der Waals surface area contributed by atoms with Crippen LogP contribution in [0.3, 0.4) is 0 Å². The first kappa shape index (κ1) is 22.2. The highest BCUT2D eigenvalue weighted by molar-refractivity contribution is 5.75. The van der Waals surface area contributed by atoms with Crippen LogP contribution in [0.5, 0.6) is 0 Å². The summed E-state index contributed by atoms with van der Waals surface area (Å²) in [5.74, 6) is 1.31. The number of carbonyl (C=O) groups excluding carboxylic acids is 1. The quantitative estimate of drug-likeness (QED) is 0.421. The van der Waals surface area contributed by atoms with E-state index in [1.807, 2.05) is 20.2 Å². The van der Waals surface area contributed by atoms with Crippen molar-refractivity contribution in [3.05, 3.63) is 23.8 Å².